The number of nitrogens with zero attached hydrogens (tertiary/aromatic N) is 2. The van der Waals surface area contributed by atoms with Crippen LogP contribution in [0.4, 0.5) is 10.1 Å². The lowest BCUT2D eigenvalue weighted by Gasteiger charge is -2.21. The van der Waals surface area contributed by atoms with Gasteiger partial charge in [-0.15, -0.1) is 0 Å². The molecule has 2 aliphatic heterocycles. The first-order valence-corrected chi connectivity index (χ1v) is 10.7. The number of esters is 1. The van der Waals surface area contributed by atoms with Crippen molar-refractivity contribution < 1.29 is 28.3 Å². The SMILES string of the molecule is NC(=O)C[C@H]1CN(C(=O)C2CC(=O)N(c3ccc(F)cc3)C2)C[C@H]1OC(=O)c1ccccc1. The van der Waals surface area contributed by atoms with Gasteiger partial charge in [0.2, 0.25) is 17.7 Å². The molecule has 0 aromatic heterocycles. The highest BCUT2D eigenvalue weighted by Gasteiger charge is 2.43. The zero-order valence-corrected chi connectivity index (χ0v) is 17.9. The van der Waals surface area contributed by atoms with Crippen LogP contribution in [0.3, 0.4) is 0 Å². The number of benzene rings is 2. The summed E-state index contributed by atoms with van der Waals surface area (Å²) in [6.45, 7) is 0.501. The van der Waals surface area contributed by atoms with E-state index in [1.165, 1.54) is 34.1 Å². The maximum atomic E-state index is 13.2. The Morgan fingerprint density at radius 1 is 1.00 bits per heavy atom. The van der Waals surface area contributed by atoms with Crippen molar-refractivity contribution in [3.8, 4) is 0 Å². The van der Waals surface area contributed by atoms with Gasteiger partial charge in [-0.25, -0.2) is 9.18 Å². The molecule has 3 amide bonds. The van der Waals surface area contributed by atoms with Crippen molar-refractivity contribution >= 4 is 29.4 Å². The van der Waals surface area contributed by atoms with Gasteiger partial charge >= 0.3 is 5.97 Å². The van der Waals surface area contributed by atoms with Gasteiger partial charge in [0.05, 0.1) is 18.0 Å². The summed E-state index contributed by atoms with van der Waals surface area (Å²) in [5.41, 5.74) is 6.27. The van der Waals surface area contributed by atoms with E-state index < -0.39 is 35.6 Å². The predicted octanol–water partition coefficient (Wildman–Crippen LogP) is 1.74. The number of carbonyl (C=O) groups excluding carboxylic acids is 4. The largest absolute Gasteiger partial charge is 0.457 e. The highest BCUT2D eigenvalue weighted by Crippen LogP contribution is 2.30. The first-order chi connectivity index (χ1) is 15.8. The quantitative estimate of drug-likeness (QED) is 0.670. The average Bonchev–Trinajstić information content (AvgIpc) is 3.37. The lowest BCUT2D eigenvalue weighted by atomic mass is 10.0. The van der Waals surface area contributed by atoms with Crippen LogP contribution < -0.4 is 10.6 Å². The number of likely N-dealkylation sites (tertiary alicyclic amines) is 1. The van der Waals surface area contributed by atoms with E-state index in [2.05, 4.69) is 0 Å². The third-order valence-electron chi connectivity index (χ3n) is 6.04. The van der Waals surface area contributed by atoms with E-state index in [9.17, 15) is 23.6 Å². The Morgan fingerprint density at radius 2 is 1.70 bits per heavy atom. The van der Waals surface area contributed by atoms with Crippen LogP contribution in [0.1, 0.15) is 23.2 Å². The Morgan fingerprint density at radius 3 is 2.36 bits per heavy atom. The number of hydrogen-bond donors (Lipinski definition) is 1. The summed E-state index contributed by atoms with van der Waals surface area (Å²) < 4.78 is 18.8. The van der Waals surface area contributed by atoms with Gasteiger partial charge in [-0.3, -0.25) is 14.4 Å². The number of anilines is 1. The molecule has 0 radical (unpaired) electrons. The number of rotatable bonds is 6. The second kappa shape index (κ2) is 9.40. The number of halogens is 1. The fourth-order valence-electron chi connectivity index (χ4n) is 4.39. The van der Waals surface area contributed by atoms with E-state index in [-0.39, 0.29) is 44.3 Å². The Balaban J connectivity index is 1.44. The van der Waals surface area contributed by atoms with Crippen LogP contribution in [0.2, 0.25) is 0 Å². The van der Waals surface area contributed by atoms with Crippen molar-refractivity contribution in [3.63, 3.8) is 0 Å². The van der Waals surface area contributed by atoms with Gasteiger partial charge in [0.25, 0.3) is 0 Å². The summed E-state index contributed by atoms with van der Waals surface area (Å²) in [4.78, 5) is 52.7. The number of hydrogen-bond acceptors (Lipinski definition) is 5. The monoisotopic (exact) mass is 453 g/mol. The first kappa shape index (κ1) is 22.4. The van der Waals surface area contributed by atoms with Gasteiger partial charge in [-0.1, -0.05) is 18.2 Å². The number of primary amides is 1. The smallest absolute Gasteiger partial charge is 0.338 e. The third-order valence-corrected chi connectivity index (χ3v) is 6.04. The molecule has 0 bridgehead atoms. The standard InChI is InChI=1S/C24H24FN3O5/c25-18-6-8-19(9-7-18)28-13-17(11-22(28)30)23(31)27-12-16(10-21(26)29)20(14-27)33-24(32)15-4-2-1-3-5-15/h1-9,16-17,20H,10-14H2,(H2,26,29)/t16-,17?,20+/m0/s1. The predicted molar refractivity (Wildman–Crippen MR) is 116 cm³/mol. The van der Waals surface area contributed by atoms with Crippen LogP contribution in [0.25, 0.3) is 0 Å². The van der Waals surface area contributed by atoms with Crippen LogP contribution in [-0.2, 0) is 19.1 Å². The van der Waals surface area contributed by atoms with Gasteiger partial charge in [-0.2, -0.15) is 0 Å². The molecule has 0 saturated carbocycles. The van der Waals surface area contributed by atoms with Crippen LogP contribution >= 0.6 is 0 Å². The van der Waals surface area contributed by atoms with E-state index in [0.29, 0.717) is 11.3 Å². The summed E-state index contributed by atoms with van der Waals surface area (Å²) in [5.74, 6) is -2.98. The van der Waals surface area contributed by atoms with E-state index in [0.717, 1.165) is 0 Å². The minimum atomic E-state index is -0.681. The molecule has 8 nitrogen and oxygen atoms in total. The first-order valence-electron chi connectivity index (χ1n) is 10.7. The van der Waals surface area contributed by atoms with E-state index in [1.54, 1.807) is 30.3 Å². The molecule has 2 N–H and O–H groups in total. The average molecular weight is 453 g/mol. The molecule has 4 rings (SSSR count). The molecule has 2 heterocycles. The zero-order valence-electron chi connectivity index (χ0n) is 17.9. The van der Waals surface area contributed by atoms with Crippen molar-refractivity contribution in [2.75, 3.05) is 24.5 Å². The van der Waals surface area contributed by atoms with E-state index >= 15 is 0 Å². The fraction of sp³-hybridized carbons (Fsp3) is 0.333. The topological polar surface area (TPSA) is 110 Å². The van der Waals surface area contributed by atoms with Gasteiger partial charge < -0.3 is 20.3 Å². The maximum Gasteiger partial charge on any atom is 0.338 e. The molecule has 2 saturated heterocycles. The lowest BCUT2D eigenvalue weighted by Crippen LogP contribution is -2.37. The molecular formula is C24H24FN3O5. The van der Waals surface area contributed by atoms with Gasteiger partial charge in [0.1, 0.15) is 11.9 Å². The van der Waals surface area contributed by atoms with Crippen molar-refractivity contribution in [1.82, 2.24) is 4.90 Å². The molecule has 2 fully saturated rings. The summed E-state index contributed by atoms with van der Waals surface area (Å²) in [6.07, 6.45) is -0.678. The number of amides is 3. The summed E-state index contributed by atoms with van der Waals surface area (Å²) in [5, 5.41) is 0. The van der Waals surface area contributed by atoms with Gasteiger partial charge in [0.15, 0.2) is 0 Å². The third kappa shape index (κ3) is 5.02. The minimum absolute atomic E-state index is 0.0260. The van der Waals surface area contributed by atoms with E-state index in [1.807, 2.05) is 0 Å². The van der Waals surface area contributed by atoms with Gasteiger partial charge in [0, 0.05) is 37.5 Å². The molecule has 2 aromatic rings. The molecule has 3 atom stereocenters. The van der Waals surface area contributed by atoms with Crippen molar-refractivity contribution in [3.05, 3.63) is 66.0 Å². The van der Waals surface area contributed by atoms with Crippen LogP contribution in [0, 0.1) is 17.7 Å². The maximum absolute atomic E-state index is 13.2. The molecule has 0 aliphatic carbocycles. The molecule has 2 aliphatic rings. The summed E-state index contributed by atoms with van der Waals surface area (Å²) in [7, 11) is 0. The van der Waals surface area contributed by atoms with Crippen molar-refractivity contribution in [2.24, 2.45) is 17.6 Å². The zero-order chi connectivity index (χ0) is 23.5. The van der Waals surface area contributed by atoms with Gasteiger partial charge in [-0.05, 0) is 36.4 Å². The summed E-state index contributed by atoms with van der Waals surface area (Å²) >= 11 is 0. The van der Waals surface area contributed by atoms with Crippen molar-refractivity contribution in [2.45, 2.75) is 18.9 Å². The molecular weight excluding hydrogens is 429 g/mol. The molecule has 0 spiro atoms. The highest BCUT2D eigenvalue weighted by atomic mass is 19.1. The number of nitrogens with two attached hydrogens (primary N) is 1. The van der Waals surface area contributed by atoms with Crippen molar-refractivity contribution in [1.29, 1.82) is 0 Å². The molecule has 172 valence electrons. The minimum Gasteiger partial charge on any atom is -0.457 e. The molecule has 9 heteroatoms. The molecule has 33 heavy (non-hydrogen) atoms. The highest BCUT2D eigenvalue weighted by molar-refractivity contribution is 6.00. The molecule has 1 unspecified atom stereocenters. The normalized spacial score (nSPS) is 22.5. The molecule has 2 aromatic carbocycles. The fourth-order valence-corrected chi connectivity index (χ4v) is 4.39. The van der Waals surface area contributed by atoms with Crippen LogP contribution in [-0.4, -0.2) is 54.3 Å². The number of carbonyl (C=O) groups is 4. The Bertz CT molecular complexity index is 1060. The Labute approximate surface area is 190 Å². The summed E-state index contributed by atoms with van der Waals surface area (Å²) in [6, 6.07) is 14.0. The van der Waals surface area contributed by atoms with Crippen LogP contribution in [0.15, 0.2) is 54.6 Å². The van der Waals surface area contributed by atoms with E-state index in [4.69, 9.17) is 10.5 Å². The second-order valence-corrected chi connectivity index (χ2v) is 8.37. The van der Waals surface area contributed by atoms with Crippen LogP contribution in [0.5, 0.6) is 0 Å². The lowest BCUT2D eigenvalue weighted by molar-refractivity contribution is -0.135. The Hall–Kier alpha value is -3.75. The Kier molecular flexibility index (Phi) is 6.39. The number of ether oxygens (including phenoxy) is 1. The second-order valence-electron chi connectivity index (χ2n) is 8.37.